The molecule has 0 saturated heterocycles. The molecular formula is C7H4Br2F2. The topological polar surface area (TPSA) is 0 Å². The van der Waals surface area contributed by atoms with Gasteiger partial charge < -0.3 is 0 Å². The van der Waals surface area contributed by atoms with Crippen molar-refractivity contribution in [1.82, 2.24) is 0 Å². The van der Waals surface area contributed by atoms with Gasteiger partial charge in [0.05, 0.1) is 0 Å². The molecule has 0 N–H and O–H groups in total. The minimum Gasteiger partial charge on any atom is -0.246 e. The molecule has 0 aliphatic carbocycles. The number of rotatable bonds is 1. The highest BCUT2D eigenvalue weighted by Crippen LogP contribution is 2.25. The van der Waals surface area contributed by atoms with E-state index in [0.717, 1.165) is 0 Å². The highest BCUT2D eigenvalue weighted by molar-refractivity contribution is 9.11. The molecule has 0 aromatic heterocycles. The van der Waals surface area contributed by atoms with Crippen molar-refractivity contribution in [2.24, 2.45) is 0 Å². The third-order valence-electron chi connectivity index (χ3n) is 1.24. The molecule has 1 aromatic carbocycles. The average Bonchev–Trinajstić information content (AvgIpc) is 1.85. The van der Waals surface area contributed by atoms with Crippen LogP contribution in [-0.4, -0.2) is 0 Å². The second kappa shape index (κ2) is 3.63. The molecule has 0 bridgehead atoms. The Kier molecular flexibility index (Phi) is 3.01. The van der Waals surface area contributed by atoms with Crippen molar-refractivity contribution >= 4 is 31.9 Å². The second-order valence-corrected chi connectivity index (χ2v) is 3.75. The monoisotopic (exact) mass is 284 g/mol. The zero-order valence-electron chi connectivity index (χ0n) is 5.37. The van der Waals surface area contributed by atoms with E-state index in [0.29, 0.717) is 8.95 Å². The minimum absolute atomic E-state index is 0.0631. The molecular weight excluding hydrogens is 282 g/mol. The number of alkyl halides is 1. The number of hydrogen-bond donors (Lipinski definition) is 0. The molecule has 0 aliphatic rings. The van der Waals surface area contributed by atoms with Crippen LogP contribution in [0.4, 0.5) is 8.78 Å². The van der Waals surface area contributed by atoms with Gasteiger partial charge in [-0.25, -0.2) is 8.78 Å². The standard InChI is InChI=1S/C7H4Br2F2/c8-4-1-6(9)5(3-10)7(11)2-4/h1-2H,3H2. The van der Waals surface area contributed by atoms with Gasteiger partial charge in [0, 0.05) is 14.5 Å². The second-order valence-electron chi connectivity index (χ2n) is 1.98. The van der Waals surface area contributed by atoms with Crippen molar-refractivity contribution in [2.45, 2.75) is 6.67 Å². The van der Waals surface area contributed by atoms with Gasteiger partial charge in [0.15, 0.2) is 0 Å². The summed E-state index contributed by atoms with van der Waals surface area (Å²) in [7, 11) is 0. The molecule has 4 heteroatoms. The van der Waals surface area contributed by atoms with E-state index in [1.165, 1.54) is 6.07 Å². The van der Waals surface area contributed by atoms with Crippen molar-refractivity contribution in [3.63, 3.8) is 0 Å². The Morgan fingerprint density at radius 3 is 2.36 bits per heavy atom. The van der Waals surface area contributed by atoms with Crippen molar-refractivity contribution in [3.8, 4) is 0 Å². The van der Waals surface area contributed by atoms with Crippen LogP contribution < -0.4 is 0 Å². The predicted molar refractivity (Wildman–Crippen MR) is 46.6 cm³/mol. The Morgan fingerprint density at radius 1 is 1.27 bits per heavy atom. The highest BCUT2D eigenvalue weighted by atomic mass is 79.9. The Hall–Kier alpha value is 0.0400. The van der Waals surface area contributed by atoms with Crippen molar-refractivity contribution < 1.29 is 8.78 Å². The first kappa shape index (κ1) is 9.13. The van der Waals surface area contributed by atoms with E-state index in [4.69, 9.17) is 0 Å². The lowest BCUT2D eigenvalue weighted by atomic mass is 10.2. The quantitative estimate of drug-likeness (QED) is 0.736. The van der Waals surface area contributed by atoms with Gasteiger partial charge in [-0.1, -0.05) is 31.9 Å². The van der Waals surface area contributed by atoms with Crippen LogP contribution in [0.3, 0.4) is 0 Å². The molecule has 0 aliphatic heterocycles. The van der Waals surface area contributed by atoms with Gasteiger partial charge in [-0.2, -0.15) is 0 Å². The Labute approximate surface area is 79.9 Å². The summed E-state index contributed by atoms with van der Waals surface area (Å²) in [6.45, 7) is -0.792. The van der Waals surface area contributed by atoms with Gasteiger partial charge in [-0.05, 0) is 12.1 Å². The summed E-state index contributed by atoms with van der Waals surface area (Å²) >= 11 is 6.13. The molecule has 0 spiro atoms. The van der Waals surface area contributed by atoms with Gasteiger partial charge in [-0.3, -0.25) is 0 Å². The Bertz CT molecular complexity index is 250. The summed E-state index contributed by atoms with van der Waals surface area (Å²) in [6.07, 6.45) is 0. The summed E-state index contributed by atoms with van der Waals surface area (Å²) < 4.78 is 26.0. The first-order valence-corrected chi connectivity index (χ1v) is 4.43. The third-order valence-corrected chi connectivity index (χ3v) is 2.40. The van der Waals surface area contributed by atoms with Crippen LogP contribution in [0.25, 0.3) is 0 Å². The highest BCUT2D eigenvalue weighted by Gasteiger charge is 2.07. The van der Waals surface area contributed by atoms with Crippen molar-refractivity contribution in [1.29, 1.82) is 0 Å². The summed E-state index contributed by atoms with van der Waals surface area (Å²) in [4.78, 5) is 0. The van der Waals surface area contributed by atoms with Crippen LogP contribution in [0, 0.1) is 5.82 Å². The molecule has 0 radical (unpaired) electrons. The van der Waals surface area contributed by atoms with Crippen molar-refractivity contribution in [3.05, 3.63) is 32.5 Å². The van der Waals surface area contributed by atoms with Gasteiger partial charge in [0.1, 0.15) is 12.5 Å². The largest absolute Gasteiger partial charge is 0.246 e. The minimum atomic E-state index is -0.792. The normalized spacial score (nSPS) is 10.2. The zero-order chi connectivity index (χ0) is 8.43. The van der Waals surface area contributed by atoms with Gasteiger partial charge >= 0.3 is 0 Å². The van der Waals surface area contributed by atoms with Crippen LogP contribution in [0.1, 0.15) is 5.56 Å². The molecule has 0 amide bonds. The van der Waals surface area contributed by atoms with E-state index in [1.54, 1.807) is 6.07 Å². The Morgan fingerprint density at radius 2 is 1.91 bits per heavy atom. The smallest absolute Gasteiger partial charge is 0.131 e. The molecule has 0 unspecified atom stereocenters. The summed E-state index contributed by atoms with van der Waals surface area (Å²) in [5.74, 6) is -0.534. The Balaban J connectivity index is 3.25. The van der Waals surface area contributed by atoms with Crippen LogP contribution >= 0.6 is 31.9 Å². The molecule has 1 aromatic rings. The first-order valence-electron chi connectivity index (χ1n) is 2.84. The van der Waals surface area contributed by atoms with E-state index >= 15 is 0 Å². The van der Waals surface area contributed by atoms with E-state index in [2.05, 4.69) is 31.9 Å². The summed E-state index contributed by atoms with van der Waals surface area (Å²) in [6, 6.07) is 2.84. The maximum absolute atomic E-state index is 12.8. The van der Waals surface area contributed by atoms with Crippen LogP contribution in [0.2, 0.25) is 0 Å². The average molecular weight is 286 g/mol. The van der Waals surface area contributed by atoms with Gasteiger partial charge in [0.2, 0.25) is 0 Å². The number of benzene rings is 1. The fourth-order valence-electron chi connectivity index (χ4n) is 0.700. The predicted octanol–water partition coefficient (Wildman–Crippen LogP) is 3.82. The molecule has 0 fully saturated rings. The SMILES string of the molecule is FCc1c(F)cc(Br)cc1Br. The lowest BCUT2D eigenvalue weighted by Crippen LogP contribution is -1.88. The molecule has 60 valence electrons. The fraction of sp³-hybridized carbons (Fsp3) is 0.143. The van der Waals surface area contributed by atoms with E-state index < -0.39 is 12.5 Å². The third kappa shape index (κ3) is 1.99. The van der Waals surface area contributed by atoms with Crippen molar-refractivity contribution in [2.75, 3.05) is 0 Å². The molecule has 0 atom stereocenters. The molecule has 11 heavy (non-hydrogen) atoms. The lowest BCUT2D eigenvalue weighted by molar-refractivity contribution is 0.462. The summed E-state index contributed by atoms with van der Waals surface area (Å²) in [5.41, 5.74) is 0.0631. The lowest BCUT2D eigenvalue weighted by Gasteiger charge is -2.01. The van der Waals surface area contributed by atoms with Crippen LogP contribution in [0.15, 0.2) is 21.1 Å². The number of hydrogen-bond acceptors (Lipinski definition) is 0. The fourth-order valence-corrected chi connectivity index (χ4v) is 1.98. The maximum Gasteiger partial charge on any atom is 0.131 e. The molecule has 0 heterocycles. The first-order chi connectivity index (χ1) is 5.15. The van der Waals surface area contributed by atoms with E-state index in [9.17, 15) is 8.78 Å². The maximum atomic E-state index is 12.8. The van der Waals surface area contributed by atoms with Crippen LogP contribution in [-0.2, 0) is 6.67 Å². The van der Waals surface area contributed by atoms with Crippen LogP contribution in [0.5, 0.6) is 0 Å². The summed E-state index contributed by atoms with van der Waals surface area (Å²) in [5, 5.41) is 0. The van der Waals surface area contributed by atoms with E-state index in [-0.39, 0.29) is 5.56 Å². The molecule has 0 nitrogen and oxygen atoms in total. The molecule has 1 rings (SSSR count). The number of halogens is 4. The zero-order valence-corrected chi connectivity index (χ0v) is 8.55. The molecule has 0 saturated carbocycles. The van der Waals surface area contributed by atoms with E-state index in [1.807, 2.05) is 0 Å². The van der Waals surface area contributed by atoms with Gasteiger partial charge in [0.25, 0.3) is 0 Å². The van der Waals surface area contributed by atoms with Gasteiger partial charge in [-0.15, -0.1) is 0 Å².